The van der Waals surface area contributed by atoms with E-state index in [4.69, 9.17) is 5.73 Å². The molecule has 0 aliphatic rings. The monoisotopic (exact) mass is 248 g/mol. The Balaban J connectivity index is 2.59. The molecule has 18 heavy (non-hydrogen) atoms. The zero-order valence-corrected chi connectivity index (χ0v) is 12.5. The number of hydrogen-bond acceptors (Lipinski definition) is 2. The molecular formula is C16H28N2. The third kappa shape index (κ3) is 4.43. The van der Waals surface area contributed by atoms with Crippen LogP contribution in [0.25, 0.3) is 0 Å². The van der Waals surface area contributed by atoms with Crippen LogP contribution in [0.3, 0.4) is 0 Å². The fourth-order valence-corrected chi connectivity index (χ4v) is 2.00. The van der Waals surface area contributed by atoms with Crippen molar-refractivity contribution in [2.45, 2.75) is 52.5 Å². The van der Waals surface area contributed by atoms with E-state index in [0.717, 1.165) is 19.5 Å². The number of benzene rings is 1. The van der Waals surface area contributed by atoms with Crippen LogP contribution < -0.4 is 11.1 Å². The van der Waals surface area contributed by atoms with E-state index in [0.29, 0.717) is 0 Å². The van der Waals surface area contributed by atoms with E-state index in [9.17, 15) is 0 Å². The van der Waals surface area contributed by atoms with Gasteiger partial charge >= 0.3 is 0 Å². The van der Waals surface area contributed by atoms with Gasteiger partial charge in [0.2, 0.25) is 0 Å². The van der Waals surface area contributed by atoms with Gasteiger partial charge in [-0.05, 0) is 50.4 Å². The minimum absolute atomic E-state index is 0.163. The molecule has 1 aromatic rings. The highest BCUT2D eigenvalue weighted by atomic mass is 14.9. The van der Waals surface area contributed by atoms with Crippen molar-refractivity contribution < 1.29 is 0 Å². The highest BCUT2D eigenvalue weighted by Crippen LogP contribution is 2.24. The molecular weight excluding hydrogens is 220 g/mol. The summed E-state index contributed by atoms with van der Waals surface area (Å²) in [6.45, 7) is 12.9. The van der Waals surface area contributed by atoms with Crippen molar-refractivity contribution in [2.24, 2.45) is 5.73 Å². The maximum Gasteiger partial charge on any atom is 0.00431 e. The summed E-state index contributed by atoms with van der Waals surface area (Å²) < 4.78 is 0. The molecule has 0 aliphatic heterocycles. The normalized spacial score (nSPS) is 13.7. The van der Waals surface area contributed by atoms with Crippen molar-refractivity contribution in [3.8, 4) is 0 Å². The summed E-state index contributed by atoms with van der Waals surface area (Å²) in [6, 6.07) is 7.05. The highest BCUT2D eigenvalue weighted by molar-refractivity contribution is 5.34. The molecule has 0 saturated carbocycles. The summed E-state index contributed by atoms with van der Waals surface area (Å²) in [5, 5.41) is 3.51. The second-order valence-electron chi connectivity index (χ2n) is 6.13. The first-order chi connectivity index (χ1) is 8.33. The van der Waals surface area contributed by atoms with Crippen molar-refractivity contribution in [1.29, 1.82) is 0 Å². The molecule has 1 rings (SSSR count). The summed E-state index contributed by atoms with van der Waals surface area (Å²) in [4.78, 5) is 0. The molecule has 0 amide bonds. The van der Waals surface area contributed by atoms with Crippen LogP contribution in [0, 0.1) is 13.8 Å². The van der Waals surface area contributed by atoms with Crippen molar-refractivity contribution in [2.75, 3.05) is 13.1 Å². The zero-order chi connectivity index (χ0) is 13.8. The SMILES string of the molecule is Cc1ccc(C(C)(C)CNCCC(C)N)cc1C. The van der Waals surface area contributed by atoms with Crippen LogP contribution in [-0.4, -0.2) is 19.1 Å². The van der Waals surface area contributed by atoms with Gasteiger partial charge in [-0.15, -0.1) is 0 Å². The van der Waals surface area contributed by atoms with E-state index in [-0.39, 0.29) is 11.5 Å². The average molecular weight is 248 g/mol. The summed E-state index contributed by atoms with van der Waals surface area (Å²) in [7, 11) is 0. The summed E-state index contributed by atoms with van der Waals surface area (Å²) in [5.41, 5.74) is 10.0. The van der Waals surface area contributed by atoms with Gasteiger partial charge < -0.3 is 11.1 Å². The lowest BCUT2D eigenvalue weighted by Crippen LogP contribution is -2.35. The summed E-state index contributed by atoms with van der Waals surface area (Å²) in [5.74, 6) is 0. The quantitative estimate of drug-likeness (QED) is 0.760. The first-order valence-electron chi connectivity index (χ1n) is 6.87. The second-order valence-corrected chi connectivity index (χ2v) is 6.13. The topological polar surface area (TPSA) is 38.0 Å². The molecule has 0 radical (unpaired) electrons. The van der Waals surface area contributed by atoms with Gasteiger partial charge in [0.25, 0.3) is 0 Å². The maximum absolute atomic E-state index is 5.75. The van der Waals surface area contributed by atoms with E-state index < -0.39 is 0 Å². The van der Waals surface area contributed by atoms with Crippen LogP contribution in [0.2, 0.25) is 0 Å². The van der Waals surface area contributed by atoms with E-state index in [1.54, 1.807) is 0 Å². The highest BCUT2D eigenvalue weighted by Gasteiger charge is 2.20. The van der Waals surface area contributed by atoms with Gasteiger partial charge in [0.1, 0.15) is 0 Å². The Morgan fingerprint density at radius 1 is 1.22 bits per heavy atom. The van der Waals surface area contributed by atoms with Crippen LogP contribution >= 0.6 is 0 Å². The van der Waals surface area contributed by atoms with Crippen LogP contribution in [0.1, 0.15) is 43.9 Å². The van der Waals surface area contributed by atoms with E-state index >= 15 is 0 Å². The van der Waals surface area contributed by atoms with E-state index in [2.05, 4.69) is 58.1 Å². The molecule has 0 aliphatic carbocycles. The Hall–Kier alpha value is -0.860. The number of nitrogens with two attached hydrogens (primary N) is 1. The second kappa shape index (κ2) is 6.35. The minimum Gasteiger partial charge on any atom is -0.328 e. The molecule has 1 aromatic carbocycles. The standard InChI is InChI=1S/C16H28N2/c1-12-6-7-15(10-13(12)2)16(4,5)11-18-9-8-14(3)17/h6-7,10,14,18H,8-9,11,17H2,1-5H3. The zero-order valence-electron chi connectivity index (χ0n) is 12.5. The number of nitrogens with one attached hydrogen (secondary N) is 1. The van der Waals surface area contributed by atoms with Crippen molar-refractivity contribution in [3.05, 3.63) is 34.9 Å². The van der Waals surface area contributed by atoms with Gasteiger partial charge in [0, 0.05) is 18.0 Å². The van der Waals surface area contributed by atoms with Crippen molar-refractivity contribution in [1.82, 2.24) is 5.32 Å². The lowest BCUT2D eigenvalue weighted by atomic mass is 9.83. The van der Waals surface area contributed by atoms with Crippen LogP contribution in [0.15, 0.2) is 18.2 Å². The minimum atomic E-state index is 0.163. The van der Waals surface area contributed by atoms with Crippen LogP contribution in [0.4, 0.5) is 0 Å². The molecule has 2 heteroatoms. The molecule has 3 N–H and O–H groups in total. The molecule has 0 heterocycles. The number of aryl methyl sites for hydroxylation is 2. The van der Waals surface area contributed by atoms with Gasteiger partial charge in [-0.25, -0.2) is 0 Å². The van der Waals surface area contributed by atoms with Gasteiger partial charge in [0.15, 0.2) is 0 Å². The number of hydrogen-bond donors (Lipinski definition) is 2. The molecule has 0 fully saturated rings. The Morgan fingerprint density at radius 3 is 2.44 bits per heavy atom. The van der Waals surface area contributed by atoms with Gasteiger partial charge in [-0.1, -0.05) is 32.0 Å². The molecule has 0 spiro atoms. The van der Waals surface area contributed by atoms with Crippen molar-refractivity contribution in [3.63, 3.8) is 0 Å². The van der Waals surface area contributed by atoms with Gasteiger partial charge in [-0.2, -0.15) is 0 Å². The fraction of sp³-hybridized carbons (Fsp3) is 0.625. The predicted octanol–water partition coefficient (Wildman–Crippen LogP) is 2.91. The third-order valence-electron chi connectivity index (χ3n) is 3.63. The first-order valence-corrected chi connectivity index (χ1v) is 6.87. The molecule has 1 unspecified atom stereocenters. The Bertz CT molecular complexity index is 381. The van der Waals surface area contributed by atoms with Gasteiger partial charge in [-0.3, -0.25) is 0 Å². The average Bonchev–Trinajstić information content (AvgIpc) is 2.28. The Morgan fingerprint density at radius 2 is 1.89 bits per heavy atom. The molecule has 102 valence electrons. The lowest BCUT2D eigenvalue weighted by Gasteiger charge is -2.27. The van der Waals surface area contributed by atoms with Gasteiger partial charge in [0.05, 0.1) is 0 Å². The van der Waals surface area contributed by atoms with Crippen molar-refractivity contribution >= 4 is 0 Å². The number of rotatable bonds is 6. The summed E-state index contributed by atoms with van der Waals surface area (Å²) >= 11 is 0. The smallest absolute Gasteiger partial charge is 0.00431 e. The van der Waals surface area contributed by atoms with E-state index in [1.807, 2.05) is 0 Å². The Labute approximate surface area is 112 Å². The third-order valence-corrected chi connectivity index (χ3v) is 3.63. The molecule has 0 saturated heterocycles. The predicted molar refractivity (Wildman–Crippen MR) is 80.1 cm³/mol. The largest absolute Gasteiger partial charge is 0.328 e. The Kier molecular flexibility index (Phi) is 5.36. The van der Waals surface area contributed by atoms with Crippen LogP contribution in [-0.2, 0) is 5.41 Å². The fourth-order valence-electron chi connectivity index (χ4n) is 2.00. The molecule has 1 atom stereocenters. The molecule has 0 aromatic heterocycles. The first kappa shape index (κ1) is 15.2. The molecule has 0 bridgehead atoms. The maximum atomic E-state index is 5.75. The van der Waals surface area contributed by atoms with E-state index in [1.165, 1.54) is 16.7 Å². The van der Waals surface area contributed by atoms with Crippen LogP contribution in [0.5, 0.6) is 0 Å². The lowest BCUT2D eigenvalue weighted by molar-refractivity contribution is 0.458. The molecule has 2 nitrogen and oxygen atoms in total. The summed E-state index contributed by atoms with van der Waals surface area (Å²) in [6.07, 6.45) is 1.03.